The molecule has 7 heteroatoms. The van der Waals surface area contributed by atoms with Gasteiger partial charge in [0.05, 0.1) is 0 Å². The highest BCUT2D eigenvalue weighted by Crippen LogP contribution is 2.12. The minimum Gasteiger partial charge on any atom is -0.465 e. The standard InChI is InChI=1S/C14H27N3O4/c1-8(2)10(13(19)16(5)6)15-12(18)11(9(3)4)17(7)14(20)21/h8-11H,1-7H3,(H,15,18)(H,20,21)/t10-,11-/m0/s1. The molecule has 7 nitrogen and oxygen atoms in total. The molecule has 0 aromatic rings. The minimum absolute atomic E-state index is 0.0909. The Morgan fingerprint density at radius 1 is 0.952 bits per heavy atom. The van der Waals surface area contributed by atoms with Gasteiger partial charge in [0.15, 0.2) is 0 Å². The lowest BCUT2D eigenvalue weighted by Gasteiger charge is -2.31. The molecule has 0 saturated heterocycles. The van der Waals surface area contributed by atoms with Crippen LogP contribution in [0.25, 0.3) is 0 Å². The van der Waals surface area contributed by atoms with Crippen molar-refractivity contribution in [2.45, 2.75) is 39.8 Å². The van der Waals surface area contributed by atoms with Gasteiger partial charge < -0.3 is 15.3 Å². The van der Waals surface area contributed by atoms with Crippen LogP contribution in [0, 0.1) is 11.8 Å². The van der Waals surface area contributed by atoms with Crippen LogP contribution in [0.5, 0.6) is 0 Å². The Morgan fingerprint density at radius 3 is 1.71 bits per heavy atom. The molecule has 0 aromatic carbocycles. The molecule has 0 fully saturated rings. The second-order valence-corrected chi connectivity index (χ2v) is 6.05. The first-order valence-corrected chi connectivity index (χ1v) is 6.98. The van der Waals surface area contributed by atoms with Crippen LogP contribution in [0.4, 0.5) is 4.79 Å². The first-order valence-electron chi connectivity index (χ1n) is 6.98. The van der Waals surface area contributed by atoms with Crippen LogP contribution in [0.3, 0.4) is 0 Å². The van der Waals surface area contributed by atoms with Gasteiger partial charge in [0.2, 0.25) is 11.8 Å². The maximum atomic E-state index is 12.4. The lowest BCUT2D eigenvalue weighted by molar-refractivity contribution is -0.137. The van der Waals surface area contributed by atoms with Crippen molar-refractivity contribution in [1.29, 1.82) is 0 Å². The summed E-state index contributed by atoms with van der Waals surface area (Å²) in [5, 5.41) is 11.7. The van der Waals surface area contributed by atoms with Crippen molar-refractivity contribution in [1.82, 2.24) is 15.1 Å². The first-order chi connectivity index (χ1) is 9.50. The Hall–Kier alpha value is -1.79. The Labute approximate surface area is 126 Å². The molecular formula is C14H27N3O4. The molecule has 2 N–H and O–H groups in total. The summed E-state index contributed by atoms with van der Waals surface area (Å²) in [5.41, 5.74) is 0. The van der Waals surface area contributed by atoms with Gasteiger partial charge in [-0.3, -0.25) is 14.5 Å². The highest BCUT2D eigenvalue weighted by Gasteiger charge is 2.33. The number of rotatable bonds is 6. The number of carbonyl (C=O) groups excluding carboxylic acids is 2. The van der Waals surface area contributed by atoms with Gasteiger partial charge in [-0.2, -0.15) is 0 Å². The highest BCUT2D eigenvalue weighted by atomic mass is 16.4. The highest BCUT2D eigenvalue weighted by molar-refractivity contribution is 5.91. The zero-order valence-electron chi connectivity index (χ0n) is 13.9. The normalized spacial score (nSPS) is 13.8. The van der Waals surface area contributed by atoms with E-state index in [1.54, 1.807) is 27.9 Å². The molecule has 0 heterocycles. The Morgan fingerprint density at radius 2 is 1.43 bits per heavy atom. The van der Waals surface area contributed by atoms with E-state index in [1.807, 2.05) is 13.8 Å². The number of likely N-dealkylation sites (N-methyl/N-ethyl adjacent to an activating group) is 2. The molecule has 0 saturated carbocycles. The second-order valence-electron chi connectivity index (χ2n) is 6.05. The van der Waals surface area contributed by atoms with Crippen LogP contribution < -0.4 is 5.32 Å². The number of hydrogen-bond donors (Lipinski definition) is 2. The third kappa shape index (κ3) is 5.24. The number of hydrogen-bond acceptors (Lipinski definition) is 3. The van der Waals surface area contributed by atoms with E-state index < -0.39 is 24.1 Å². The Kier molecular flexibility index (Phi) is 7.18. The van der Waals surface area contributed by atoms with E-state index in [-0.39, 0.29) is 17.7 Å². The van der Waals surface area contributed by atoms with E-state index in [0.717, 1.165) is 4.90 Å². The lowest BCUT2D eigenvalue weighted by atomic mass is 9.99. The van der Waals surface area contributed by atoms with Gasteiger partial charge in [0, 0.05) is 21.1 Å². The summed E-state index contributed by atoms with van der Waals surface area (Å²) >= 11 is 0. The van der Waals surface area contributed by atoms with Crippen LogP contribution in [0.1, 0.15) is 27.7 Å². The van der Waals surface area contributed by atoms with Gasteiger partial charge in [0.1, 0.15) is 12.1 Å². The molecule has 0 unspecified atom stereocenters. The quantitative estimate of drug-likeness (QED) is 0.761. The van der Waals surface area contributed by atoms with Crippen LogP contribution in [-0.2, 0) is 9.59 Å². The molecule has 0 aliphatic carbocycles. The summed E-state index contributed by atoms with van der Waals surface area (Å²) in [6, 6.07) is -1.50. The number of nitrogens with one attached hydrogen (secondary N) is 1. The topological polar surface area (TPSA) is 90.0 Å². The molecule has 0 aliphatic rings. The zero-order chi connectivity index (χ0) is 16.9. The summed E-state index contributed by atoms with van der Waals surface area (Å²) in [7, 11) is 4.59. The van der Waals surface area contributed by atoms with Crippen molar-refractivity contribution in [2.24, 2.45) is 11.8 Å². The lowest BCUT2D eigenvalue weighted by Crippen LogP contribution is -2.56. The van der Waals surface area contributed by atoms with E-state index in [4.69, 9.17) is 5.11 Å². The van der Waals surface area contributed by atoms with Crippen LogP contribution in [0.15, 0.2) is 0 Å². The monoisotopic (exact) mass is 301 g/mol. The number of carboxylic acid groups (broad SMARTS) is 1. The average Bonchev–Trinajstić information content (AvgIpc) is 2.33. The van der Waals surface area contributed by atoms with Gasteiger partial charge in [0.25, 0.3) is 0 Å². The third-order valence-electron chi connectivity index (χ3n) is 3.29. The molecule has 2 atom stereocenters. The van der Waals surface area contributed by atoms with Crippen molar-refractivity contribution in [3.05, 3.63) is 0 Å². The SMILES string of the molecule is CC(C)[C@H](NC(=O)[C@H](C(C)C)N(C)C(=O)O)C(=O)N(C)C. The Balaban J connectivity index is 5.19. The van der Waals surface area contributed by atoms with E-state index in [2.05, 4.69) is 5.32 Å². The molecule has 0 aliphatic heterocycles. The van der Waals surface area contributed by atoms with Crippen molar-refractivity contribution in [3.8, 4) is 0 Å². The predicted octanol–water partition coefficient (Wildman–Crippen LogP) is 0.850. The number of amides is 3. The summed E-state index contributed by atoms with van der Waals surface area (Å²) in [6.45, 7) is 7.19. The molecular weight excluding hydrogens is 274 g/mol. The third-order valence-corrected chi connectivity index (χ3v) is 3.29. The molecule has 0 bridgehead atoms. The molecule has 122 valence electrons. The second kappa shape index (κ2) is 7.85. The fraction of sp³-hybridized carbons (Fsp3) is 0.786. The average molecular weight is 301 g/mol. The van der Waals surface area contributed by atoms with Crippen molar-refractivity contribution >= 4 is 17.9 Å². The smallest absolute Gasteiger partial charge is 0.407 e. The van der Waals surface area contributed by atoms with Gasteiger partial charge in [-0.25, -0.2) is 4.79 Å². The van der Waals surface area contributed by atoms with Crippen LogP contribution in [-0.4, -0.2) is 66.0 Å². The molecule has 3 amide bonds. The van der Waals surface area contributed by atoms with E-state index in [0.29, 0.717) is 0 Å². The fourth-order valence-corrected chi connectivity index (χ4v) is 2.08. The number of nitrogens with zero attached hydrogens (tertiary/aromatic N) is 2. The largest absolute Gasteiger partial charge is 0.465 e. The zero-order valence-corrected chi connectivity index (χ0v) is 13.9. The maximum absolute atomic E-state index is 12.4. The molecule has 0 radical (unpaired) electrons. The van der Waals surface area contributed by atoms with Crippen molar-refractivity contribution < 1.29 is 19.5 Å². The molecule has 0 spiro atoms. The molecule has 0 aromatic heterocycles. The predicted molar refractivity (Wildman–Crippen MR) is 79.9 cm³/mol. The number of carbonyl (C=O) groups is 3. The summed E-state index contributed by atoms with van der Waals surface area (Å²) in [5.74, 6) is -0.956. The maximum Gasteiger partial charge on any atom is 0.407 e. The van der Waals surface area contributed by atoms with Gasteiger partial charge >= 0.3 is 6.09 Å². The van der Waals surface area contributed by atoms with Crippen LogP contribution >= 0.6 is 0 Å². The fourth-order valence-electron chi connectivity index (χ4n) is 2.08. The van der Waals surface area contributed by atoms with Gasteiger partial charge in [-0.05, 0) is 11.8 Å². The molecule has 0 rings (SSSR count). The van der Waals surface area contributed by atoms with Crippen molar-refractivity contribution in [3.63, 3.8) is 0 Å². The first kappa shape index (κ1) is 19.2. The summed E-state index contributed by atoms with van der Waals surface area (Å²) in [6.07, 6.45) is -1.18. The van der Waals surface area contributed by atoms with E-state index >= 15 is 0 Å². The van der Waals surface area contributed by atoms with Crippen LogP contribution in [0.2, 0.25) is 0 Å². The Bertz CT molecular complexity index is 394. The van der Waals surface area contributed by atoms with E-state index in [9.17, 15) is 14.4 Å². The van der Waals surface area contributed by atoms with Crippen molar-refractivity contribution in [2.75, 3.05) is 21.1 Å². The van der Waals surface area contributed by atoms with E-state index in [1.165, 1.54) is 11.9 Å². The minimum atomic E-state index is -1.18. The molecule has 21 heavy (non-hydrogen) atoms. The van der Waals surface area contributed by atoms with Gasteiger partial charge in [-0.15, -0.1) is 0 Å². The van der Waals surface area contributed by atoms with Gasteiger partial charge in [-0.1, -0.05) is 27.7 Å². The summed E-state index contributed by atoms with van der Waals surface area (Å²) < 4.78 is 0. The summed E-state index contributed by atoms with van der Waals surface area (Å²) in [4.78, 5) is 37.9.